The van der Waals surface area contributed by atoms with E-state index in [2.05, 4.69) is 5.32 Å². The molecule has 1 N–H and O–H groups in total. The number of amides is 1. The van der Waals surface area contributed by atoms with Crippen molar-refractivity contribution in [3.63, 3.8) is 0 Å². The molecular formula is C21H25ClN2O5S. The summed E-state index contributed by atoms with van der Waals surface area (Å²) in [5.41, 5.74) is 1.19. The zero-order valence-electron chi connectivity index (χ0n) is 17.1. The summed E-state index contributed by atoms with van der Waals surface area (Å²) in [5.74, 6) is 0.375. The van der Waals surface area contributed by atoms with Gasteiger partial charge in [0.2, 0.25) is 15.9 Å². The van der Waals surface area contributed by atoms with E-state index in [4.69, 9.17) is 21.1 Å². The number of anilines is 1. The second-order valence-corrected chi connectivity index (χ2v) is 9.54. The molecule has 1 aliphatic heterocycles. The molecule has 0 spiro atoms. The largest absolute Gasteiger partial charge is 0.496 e. The first-order valence-electron chi connectivity index (χ1n) is 9.55. The number of aryl methyl sites for hydroxylation is 1. The lowest BCUT2D eigenvalue weighted by atomic mass is 9.98. The van der Waals surface area contributed by atoms with E-state index in [1.165, 1.54) is 17.5 Å². The minimum absolute atomic E-state index is 0.113. The van der Waals surface area contributed by atoms with Gasteiger partial charge in [0, 0.05) is 18.1 Å². The van der Waals surface area contributed by atoms with Gasteiger partial charge in [-0.25, -0.2) is 8.42 Å². The SMILES string of the molecule is COc1ccc(S(=O)(=O)N2CCCC(C(=O)Nc3cc(Cl)ccc3OC)C2)cc1C. The van der Waals surface area contributed by atoms with Gasteiger partial charge in [-0.2, -0.15) is 4.31 Å². The number of hydrogen-bond donors (Lipinski definition) is 1. The lowest BCUT2D eigenvalue weighted by molar-refractivity contribution is -0.120. The highest BCUT2D eigenvalue weighted by molar-refractivity contribution is 7.89. The van der Waals surface area contributed by atoms with E-state index >= 15 is 0 Å². The monoisotopic (exact) mass is 452 g/mol. The van der Waals surface area contributed by atoms with Crippen LogP contribution in [0.3, 0.4) is 0 Å². The van der Waals surface area contributed by atoms with Crippen LogP contribution in [0, 0.1) is 12.8 Å². The second-order valence-electron chi connectivity index (χ2n) is 7.17. The van der Waals surface area contributed by atoms with Crippen LogP contribution in [0.1, 0.15) is 18.4 Å². The van der Waals surface area contributed by atoms with Gasteiger partial charge in [-0.1, -0.05) is 11.6 Å². The van der Waals surface area contributed by atoms with Crippen molar-refractivity contribution < 1.29 is 22.7 Å². The normalized spacial score (nSPS) is 17.4. The molecule has 1 aliphatic rings. The van der Waals surface area contributed by atoms with Crippen LogP contribution in [0.5, 0.6) is 11.5 Å². The van der Waals surface area contributed by atoms with Crippen LogP contribution >= 0.6 is 11.6 Å². The van der Waals surface area contributed by atoms with Crippen molar-refractivity contribution in [3.8, 4) is 11.5 Å². The Morgan fingerprint density at radius 1 is 1.13 bits per heavy atom. The third kappa shape index (κ3) is 4.71. The summed E-state index contributed by atoms with van der Waals surface area (Å²) in [6.45, 7) is 2.28. The third-order valence-electron chi connectivity index (χ3n) is 5.18. The Morgan fingerprint density at radius 2 is 1.83 bits per heavy atom. The molecule has 7 nitrogen and oxygen atoms in total. The van der Waals surface area contributed by atoms with Crippen molar-refractivity contribution in [1.82, 2.24) is 4.31 Å². The number of carbonyl (C=O) groups excluding carboxylic acids is 1. The maximum atomic E-state index is 13.1. The van der Waals surface area contributed by atoms with Crippen LogP contribution in [-0.2, 0) is 14.8 Å². The molecule has 1 saturated heterocycles. The molecular weight excluding hydrogens is 428 g/mol. The van der Waals surface area contributed by atoms with Crippen molar-refractivity contribution >= 4 is 33.2 Å². The van der Waals surface area contributed by atoms with Gasteiger partial charge in [0.1, 0.15) is 11.5 Å². The van der Waals surface area contributed by atoms with Crippen molar-refractivity contribution in [2.75, 3.05) is 32.6 Å². The molecule has 2 aromatic carbocycles. The smallest absolute Gasteiger partial charge is 0.243 e. The highest BCUT2D eigenvalue weighted by Crippen LogP contribution is 2.30. The Bertz CT molecular complexity index is 1040. The highest BCUT2D eigenvalue weighted by atomic mass is 35.5. The summed E-state index contributed by atoms with van der Waals surface area (Å²) >= 11 is 6.02. The lowest BCUT2D eigenvalue weighted by Crippen LogP contribution is -2.43. The number of rotatable bonds is 6. The molecule has 3 rings (SSSR count). The number of halogens is 1. The van der Waals surface area contributed by atoms with Gasteiger partial charge in [0.05, 0.1) is 30.7 Å². The summed E-state index contributed by atoms with van der Waals surface area (Å²) in [4.78, 5) is 13.0. The van der Waals surface area contributed by atoms with E-state index in [9.17, 15) is 13.2 Å². The minimum atomic E-state index is -3.72. The summed E-state index contributed by atoms with van der Waals surface area (Å²) in [6.07, 6.45) is 1.20. The number of nitrogens with one attached hydrogen (secondary N) is 1. The predicted octanol–water partition coefficient (Wildman–Crippen LogP) is 3.71. The number of ether oxygens (including phenoxy) is 2. The Balaban J connectivity index is 1.77. The fourth-order valence-corrected chi connectivity index (χ4v) is 5.33. The predicted molar refractivity (Wildman–Crippen MR) is 116 cm³/mol. The average molecular weight is 453 g/mol. The molecule has 1 fully saturated rings. The van der Waals surface area contributed by atoms with Gasteiger partial charge < -0.3 is 14.8 Å². The van der Waals surface area contributed by atoms with Gasteiger partial charge in [0.15, 0.2) is 0 Å². The molecule has 9 heteroatoms. The molecule has 2 aromatic rings. The number of piperidine rings is 1. The van der Waals surface area contributed by atoms with E-state index in [1.807, 2.05) is 0 Å². The van der Waals surface area contributed by atoms with E-state index in [0.29, 0.717) is 41.6 Å². The van der Waals surface area contributed by atoms with Gasteiger partial charge in [-0.05, 0) is 61.7 Å². The van der Waals surface area contributed by atoms with Gasteiger partial charge in [0.25, 0.3) is 0 Å². The first-order chi connectivity index (χ1) is 14.3. The lowest BCUT2D eigenvalue weighted by Gasteiger charge is -2.31. The first-order valence-corrected chi connectivity index (χ1v) is 11.4. The van der Waals surface area contributed by atoms with Crippen LogP contribution in [0.2, 0.25) is 5.02 Å². The summed E-state index contributed by atoms with van der Waals surface area (Å²) < 4.78 is 38.1. The average Bonchev–Trinajstić information content (AvgIpc) is 2.74. The van der Waals surface area contributed by atoms with Crippen LogP contribution in [-0.4, -0.2) is 45.9 Å². The molecule has 30 heavy (non-hydrogen) atoms. The van der Waals surface area contributed by atoms with Gasteiger partial charge in [-0.15, -0.1) is 0 Å². The number of sulfonamides is 1. The Morgan fingerprint density at radius 3 is 2.50 bits per heavy atom. The van der Waals surface area contributed by atoms with Crippen molar-refractivity contribution in [2.45, 2.75) is 24.7 Å². The van der Waals surface area contributed by atoms with Crippen LogP contribution < -0.4 is 14.8 Å². The quantitative estimate of drug-likeness (QED) is 0.722. The summed E-state index contributed by atoms with van der Waals surface area (Å²) in [7, 11) is -0.671. The molecule has 0 aromatic heterocycles. The fraction of sp³-hybridized carbons (Fsp3) is 0.381. The molecule has 1 heterocycles. The molecule has 1 amide bonds. The highest BCUT2D eigenvalue weighted by Gasteiger charge is 2.33. The zero-order chi connectivity index (χ0) is 21.9. The topological polar surface area (TPSA) is 84.9 Å². The Kier molecular flexibility index (Phi) is 6.90. The van der Waals surface area contributed by atoms with Gasteiger partial charge >= 0.3 is 0 Å². The van der Waals surface area contributed by atoms with E-state index in [1.54, 1.807) is 44.4 Å². The van der Waals surface area contributed by atoms with Gasteiger partial charge in [-0.3, -0.25) is 4.79 Å². The van der Waals surface area contributed by atoms with E-state index in [-0.39, 0.29) is 17.3 Å². The third-order valence-corrected chi connectivity index (χ3v) is 7.27. The first kappa shape index (κ1) is 22.4. The van der Waals surface area contributed by atoms with Crippen LogP contribution in [0.25, 0.3) is 0 Å². The number of nitrogens with zero attached hydrogens (tertiary/aromatic N) is 1. The number of benzene rings is 2. The molecule has 0 saturated carbocycles. The number of methoxy groups -OCH3 is 2. The van der Waals surface area contributed by atoms with E-state index < -0.39 is 15.9 Å². The maximum Gasteiger partial charge on any atom is 0.243 e. The van der Waals surface area contributed by atoms with Crippen molar-refractivity contribution in [1.29, 1.82) is 0 Å². The number of carbonyl (C=O) groups is 1. The fourth-order valence-electron chi connectivity index (χ4n) is 3.55. The second kappa shape index (κ2) is 9.24. The van der Waals surface area contributed by atoms with Crippen LogP contribution in [0.4, 0.5) is 5.69 Å². The van der Waals surface area contributed by atoms with Crippen molar-refractivity contribution in [3.05, 3.63) is 47.0 Å². The summed E-state index contributed by atoms with van der Waals surface area (Å²) in [5, 5.41) is 3.29. The molecule has 1 unspecified atom stereocenters. The molecule has 162 valence electrons. The van der Waals surface area contributed by atoms with Crippen LogP contribution in [0.15, 0.2) is 41.3 Å². The molecule has 0 radical (unpaired) electrons. The Hall–Kier alpha value is -2.29. The maximum absolute atomic E-state index is 13.1. The molecule has 1 atom stereocenters. The molecule has 0 aliphatic carbocycles. The minimum Gasteiger partial charge on any atom is -0.496 e. The number of hydrogen-bond acceptors (Lipinski definition) is 5. The Labute approximate surface area is 182 Å². The summed E-state index contributed by atoms with van der Waals surface area (Å²) in [6, 6.07) is 9.71. The zero-order valence-corrected chi connectivity index (χ0v) is 18.7. The standard InChI is InChI=1S/C21H25ClN2O5S/c1-14-11-17(7-9-19(14)28-2)30(26,27)24-10-4-5-15(13-24)21(25)23-18-12-16(22)6-8-20(18)29-3/h6-9,11-12,15H,4-5,10,13H2,1-3H3,(H,23,25). The molecule has 0 bridgehead atoms. The van der Waals surface area contributed by atoms with Crippen molar-refractivity contribution in [2.24, 2.45) is 5.92 Å². The van der Waals surface area contributed by atoms with E-state index in [0.717, 1.165) is 5.56 Å².